The summed E-state index contributed by atoms with van der Waals surface area (Å²) in [5.41, 5.74) is 1.94. The van der Waals surface area contributed by atoms with Crippen molar-refractivity contribution in [3.05, 3.63) is 80.8 Å². The number of rotatable bonds is 4. The molecule has 1 aliphatic rings. The zero-order chi connectivity index (χ0) is 26.9. The Morgan fingerprint density at radius 2 is 1.84 bits per heavy atom. The Morgan fingerprint density at radius 1 is 1.14 bits per heavy atom. The van der Waals surface area contributed by atoms with E-state index in [-0.39, 0.29) is 18.8 Å². The van der Waals surface area contributed by atoms with Crippen molar-refractivity contribution >= 4 is 47.0 Å². The lowest BCUT2D eigenvalue weighted by Crippen LogP contribution is -2.39. The Balaban J connectivity index is 1.98. The molecular weight excluding hydrogens is 520 g/mol. The molecule has 10 heteroatoms. The van der Waals surface area contributed by atoms with Gasteiger partial charge in [-0.2, -0.15) is 5.10 Å². The molecule has 0 radical (unpaired) electrons. The lowest BCUT2D eigenvalue weighted by Gasteiger charge is -2.32. The normalized spacial score (nSPS) is 14.5. The Morgan fingerprint density at radius 3 is 2.46 bits per heavy atom. The SMILES string of the molecule is CCOC(=O)c1nn(-c2ccc(Cl)cc2Cl)c2c1CCN(C(=O)OC(C)(C)C)C2=Cc1ccc(F)cc1. The predicted molar refractivity (Wildman–Crippen MR) is 140 cm³/mol. The van der Waals surface area contributed by atoms with Gasteiger partial charge in [0.25, 0.3) is 0 Å². The summed E-state index contributed by atoms with van der Waals surface area (Å²) in [6, 6.07) is 10.7. The summed E-state index contributed by atoms with van der Waals surface area (Å²) >= 11 is 12.7. The molecule has 1 aromatic heterocycles. The highest BCUT2D eigenvalue weighted by Gasteiger charge is 2.37. The zero-order valence-electron chi connectivity index (χ0n) is 20.8. The van der Waals surface area contributed by atoms with Gasteiger partial charge in [-0.15, -0.1) is 0 Å². The summed E-state index contributed by atoms with van der Waals surface area (Å²) in [7, 11) is 0. The highest BCUT2D eigenvalue weighted by molar-refractivity contribution is 6.35. The molecule has 0 bridgehead atoms. The van der Waals surface area contributed by atoms with Gasteiger partial charge in [0.15, 0.2) is 5.69 Å². The number of amides is 1. The second-order valence-electron chi connectivity index (χ2n) is 9.37. The van der Waals surface area contributed by atoms with Crippen LogP contribution in [0.5, 0.6) is 0 Å². The van der Waals surface area contributed by atoms with Crippen LogP contribution in [-0.4, -0.2) is 45.5 Å². The topological polar surface area (TPSA) is 73.7 Å². The van der Waals surface area contributed by atoms with Gasteiger partial charge in [-0.3, -0.25) is 4.90 Å². The molecular formula is C27H26Cl2FN3O4. The average molecular weight is 546 g/mol. The van der Waals surface area contributed by atoms with E-state index >= 15 is 0 Å². The monoisotopic (exact) mass is 545 g/mol. The van der Waals surface area contributed by atoms with Gasteiger partial charge >= 0.3 is 12.1 Å². The second kappa shape index (κ2) is 10.6. The molecule has 0 N–H and O–H groups in total. The van der Waals surface area contributed by atoms with Gasteiger partial charge in [-0.1, -0.05) is 35.3 Å². The summed E-state index contributed by atoms with van der Waals surface area (Å²) in [5, 5.41) is 5.30. The van der Waals surface area contributed by atoms with Crippen LogP contribution in [-0.2, 0) is 15.9 Å². The smallest absolute Gasteiger partial charge is 0.414 e. The van der Waals surface area contributed by atoms with Crippen LogP contribution in [0.2, 0.25) is 10.0 Å². The van der Waals surface area contributed by atoms with E-state index in [1.807, 2.05) is 0 Å². The van der Waals surface area contributed by atoms with Crippen LogP contribution in [0, 0.1) is 5.82 Å². The Labute approximate surface area is 224 Å². The third-order valence-electron chi connectivity index (χ3n) is 5.50. The van der Waals surface area contributed by atoms with E-state index in [9.17, 15) is 14.0 Å². The van der Waals surface area contributed by atoms with Crippen molar-refractivity contribution < 1.29 is 23.5 Å². The standard InChI is InChI=1S/C27H26Cl2FN3O4/c1-5-36-25(34)23-19-12-13-32(26(35)37-27(2,3)4)22(14-16-6-9-18(30)10-7-16)24(19)33(31-23)21-11-8-17(28)15-20(21)29/h6-11,14-15H,5,12-13H2,1-4H3. The van der Waals surface area contributed by atoms with E-state index in [2.05, 4.69) is 5.10 Å². The molecule has 1 amide bonds. The third kappa shape index (κ3) is 5.81. The second-order valence-corrected chi connectivity index (χ2v) is 10.2. The first-order valence-corrected chi connectivity index (χ1v) is 12.5. The number of hydrogen-bond acceptors (Lipinski definition) is 5. The first-order chi connectivity index (χ1) is 17.5. The molecule has 0 fully saturated rings. The Hall–Kier alpha value is -3.36. The lowest BCUT2D eigenvalue weighted by atomic mass is 9.99. The van der Waals surface area contributed by atoms with Crippen molar-refractivity contribution in [1.82, 2.24) is 14.7 Å². The van der Waals surface area contributed by atoms with Crippen LogP contribution < -0.4 is 0 Å². The minimum atomic E-state index is -0.742. The van der Waals surface area contributed by atoms with Gasteiger partial charge in [0.1, 0.15) is 11.4 Å². The fraction of sp³-hybridized carbons (Fsp3) is 0.296. The molecule has 0 saturated carbocycles. The summed E-state index contributed by atoms with van der Waals surface area (Å²) in [5.74, 6) is -0.979. The number of aromatic nitrogens is 2. The molecule has 37 heavy (non-hydrogen) atoms. The van der Waals surface area contributed by atoms with E-state index in [4.69, 9.17) is 32.7 Å². The molecule has 0 unspecified atom stereocenters. The third-order valence-corrected chi connectivity index (χ3v) is 6.03. The first kappa shape index (κ1) is 26.7. The molecule has 0 atom stereocenters. The average Bonchev–Trinajstić information content (AvgIpc) is 3.20. The maximum atomic E-state index is 13.6. The van der Waals surface area contributed by atoms with Gasteiger partial charge in [0.05, 0.1) is 28.7 Å². The maximum Gasteiger partial charge on any atom is 0.414 e. The number of esters is 1. The number of carbonyl (C=O) groups excluding carboxylic acids is 2. The maximum absolute atomic E-state index is 13.6. The fourth-order valence-corrected chi connectivity index (χ4v) is 4.47. The minimum absolute atomic E-state index is 0.122. The number of hydrogen-bond donors (Lipinski definition) is 0. The molecule has 2 heterocycles. The van der Waals surface area contributed by atoms with Crippen molar-refractivity contribution in [3.63, 3.8) is 0 Å². The summed E-state index contributed by atoms with van der Waals surface area (Å²) in [6.07, 6.45) is 1.46. The van der Waals surface area contributed by atoms with Crippen LogP contribution in [0.3, 0.4) is 0 Å². The summed E-state index contributed by atoms with van der Waals surface area (Å²) in [4.78, 5) is 27.7. The lowest BCUT2D eigenvalue weighted by molar-refractivity contribution is 0.0351. The number of halogens is 3. The van der Waals surface area contributed by atoms with Gasteiger partial charge in [-0.05, 0) is 76.1 Å². The van der Waals surface area contributed by atoms with E-state index in [1.165, 1.54) is 21.7 Å². The molecule has 0 spiro atoms. The zero-order valence-corrected chi connectivity index (χ0v) is 22.4. The quantitative estimate of drug-likeness (QED) is 0.337. The molecule has 4 rings (SSSR count). The van der Waals surface area contributed by atoms with Crippen LogP contribution in [0.1, 0.15) is 55.0 Å². The van der Waals surface area contributed by atoms with Gasteiger partial charge in [0.2, 0.25) is 0 Å². The summed E-state index contributed by atoms with van der Waals surface area (Å²) < 4.78 is 26.1. The highest BCUT2D eigenvalue weighted by Crippen LogP contribution is 2.37. The van der Waals surface area contributed by atoms with Crippen LogP contribution >= 0.6 is 23.2 Å². The fourth-order valence-electron chi connectivity index (χ4n) is 3.98. The Bertz CT molecular complexity index is 1380. The largest absolute Gasteiger partial charge is 0.461 e. The molecule has 7 nitrogen and oxygen atoms in total. The summed E-state index contributed by atoms with van der Waals surface area (Å²) in [6.45, 7) is 7.44. The number of carbonyl (C=O) groups is 2. The van der Waals surface area contributed by atoms with Crippen molar-refractivity contribution in [2.24, 2.45) is 0 Å². The Kier molecular flexibility index (Phi) is 7.62. The molecule has 0 saturated heterocycles. The van der Waals surface area contributed by atoms with E-state index in [0.29, 0.717) is 44.7 Å². The van der Waals surface area contributed by atoms with Crippen molar-refractivity contribution in [1.29, 1.82) is 0 Å². The molecule has 2 aromatic carbocycles. The van der Waals surface area contributed by atoms with E-state index in [0.717, 1.165) is 0 Å². The number of benzene rings is 2. The number of ether oxygens (including phenoxy) is 2. The van der Waals surface area contributed by atoms with Crippen molar-refractivity contribution in [2.75, 3.05) is 13.2 Å². The van der Waals surface area contributed by atoms with E-state index in [1.54, 1.807) is 64.1 Å². The van der Waals surface area contributed by atoms with E-state index < -0.39 is 23.5 Å². The van der Waals surface area contributed by atoms with Crippen LogP contribution in [0.25, 0.3) is 17.5 Å². The predicted octanol–water partition coefficient (Wildman–Crippen LogP) is 6.79. The number of fused-ring (bicyclic) bond motifs is 1. The minimum Gasteiger partial charge on any atom is -0.461 e. The van der Waals surface area contributed by atoms with Crippen molar-refractivity contribution in [3.8, 4) is 5.69 Å². The molecule has 194 valence electrons. The van der Waals surface area contributed by atoms with Gasteiger partial charge in [0, 0.05) is 17.1 Å². The van der Waals surface area contributed by atoms with Gasteiger partial charge in [-0.25, -0.2) is 18.7 Å². The highest BCUT2D eigenvalue weighted by atomic mass is 35.5. The van der Waals surface area contributed by atoms with Gasteiger partial charge < -0.3 is 9.47 Å². The van der Waals surface area contributed by atoms with Crippen LogP contribution in [0.15, 0.2) is 42.5 Å². The van der Waals surface area contributed by atoms with Crippen LogP contribution in [0.4, 0.5) is 9.18 Å². The molecule has 1 aliphatic heterocycles. The molecule has 3 aromatic rings. The number of nitrogens with zero attached hydrogens (tertiary/aromatic N) is 3. The first-order valence-electron chi connectivity index (χ1n) is 11.7. The molecule has 0 aliphatic carbocycles. The van der Waals surface area contributed by atoms with Crippen molar-refractivity contribution in [2.45, 2.75) is 39.7 Å².